The molecule has 1 heterocycles. The first-order chi connectivity index (χ1) is 11.0. The number of likely N-dealkylation sites (N-methyl/N-ethyl adjacent to an activating group) is 1. The van der Waals surface area contributed by atoms with E-state index in [-0.39, 0.29) is 11.7 Å². The molecule has 0 aliphatic heterocycles. The molecule has 7 heteroatoms. The molecule has 0 bridgehead atoms. The minimum atomic E-state index is -0.549. The van der Waals surface area contributed by atoms with Gasteiger partial charge in [0.1, 0.15) is 5.60 Å². The number of amides is 2. The van der Waals surface area contributed by atoms with Crippen LogP contribution in [0.1, 0.15) is 62.2 Å². The summed E-state index contributed by atoms with van der Waals surface area (Å²) in [6.07, 6.45) is 2.21. The number of hydrogen-bond donors (Lipinski definition) is 1. The Morgan fingerprint density at radius 1 is 1.33 bits per heavy atom. The lowest BCUT2D eigenvalue weighted by Gasteiger charge is -2.48. The van der Waals surface area contributed by atoms with Gasteiger partial charge in [-0.05, 0) is 47.0 Å². The second kappa shape index (κ2) is 6.45. The maximum Gasteiger partial charge on any atom is 0.407 e. The Kier molecular flexibility index (Phi) is 4.92. The van der Waals surface area contributed by atoms with Crippen molar-refractivity contribution in [3.8, 4) is 0 Å². The molecule has 1 aromatic heterocycles. The third-order valence-electron chi connectivity index (χ3n) is 4.36. The molecule has 0 saturated heterocycles. The van der Waals surface area contributed by atoms with Crippen molar-refractivity contribution < 1.29 is 18.7 Å². The first-order valence-electron chi connectivity index (χ1n) is 8.23. The van der Waals surface area contributed by atoms with E-state index in [0.717, 1.165) is 19.3 Å². The van der Waals surface area contributed by atoms with E-state index in [2.05, 4.69) is 10.3 Å². The normalized spacial score (nSPS) is 16.2. The third-order valence-corrected chi connectivity index (χ3v) is 4.36. The molecule has 2 amide bonds. The second-order valence-corrected chi connectivity index (χ2v) is 7.44. The molecular weight excluding hydrogens is 310 g/mol. The van der Waals surface area contributed by atoms with Gasteiger partial charge in [-0.3, -0.25) is 4.79 Å². The van der Waals surface area contributed by atoms with Crippen molar-refractivity contribution in [2.24, 2.45) is 0 Å². The standard InChI is InChI=1S/C17H27N3O4/c1-11-13(23-12(2)19-11)14(21)20(6)17(8-7-9-17)10-18-15(22)24-16(3,4)5/h7-10H2,1-6H3,(H,18,22). The minimum Gasteiger partial charge on any atom is -0.444 e. The molecule has 1 aliphatic carbocycles. The molecule has 1 fully saturated rings. The Morgan fingerprint density at radius 2 is 1.96 bits per heavy atom. The van der Waals surface area contributed by atoms with Crippen LogP contribution >= 0.6 is 0 Å². The number of rotatable bonds is 4. The number of carbonyl (C=O) groups is 2. The molecule has 0 unspecified atom stereocenters. The van der Waals surface area contributed by atoms with Crippen molar-refractivity contribution in [3.05, 3.63) is 17.3 Å². The van der Waals surface area contributed by atoms with E-state index in [4.69, 9.17) is 9.15 Å². The summed E-state index contributed by atoms with van der Waals surface area (Å²) in [4.78, 5) is 30.5. The Balaban J connectivity index is 2.05. The number of aromatic nitrogens is 1. The molecule has 0 atom stereocenters. The Bertz CT molecular complexity index is 626. The molecule has 1 aliphatic rings. The van der Waals surface area contributed by atoms with Gasteiger partial charge >= 0.3 is 6.09 Å². The number of ether oxygens (including phenoxy) is 1. The van der Waals surface area contributed by atoms with Crippen LogP contribution in [0.25, 0.3) is 0 Å². The first-order valence-corrected chi connectivity index (χ1v) is 8.23. The fourth-order valence-electron chi connectivity index (χ4n) is 2.86. The zero-order valence-electron chi connectivity index (χ0n) is 15.4. The number of oxazole rings is 1. The highest BCUT2D eigenvalue weighted by atomic mass is 16.6. The van der Waals surface area contributed by atoms with E-state index in [1.54, 1.807) is 25.8 Å². The molecule has 24 heavy (non-hydrogen) atoms. The molecule has 1 N–H and O–H groups in total. The van der Waals surface area contributed by atoms with Crippen LogP contribution in [-0.2, 0) is 4.74 Å². The molecule has 2 rings (SSSR count). The molecule has 0 spiro atoms. The maximum absolute atomic E-state index is 12.7. The van der Waals surface area contributed by atoms with Gasteiger partial charge in [-0.1, -0.05) is 0 Å². The van der Waals surface area contributed by atoms with E-state index >= 15 is 0 Å². The van der Waals surface area contributed by atoms with E-state index < -0.39 is 17.2 Å². The van der Waals surface area contributed by atoms with Crippen molar-refractivity contribution in [1.29, 1.82) is 0 Å². The van der Waals surface area contributed by atoms with Gasteiger partial charge < -0.3 is 19.4 Å². The van der Waals surface area contributed by atoms with Crippen molar-refractivity contribution >= 4 is 12.0 Å². The van der Waals surface area contributed by atoms with Crippen molar-refractivity contribution in [1.82, 2.24) is 15.2 Å². The second-order valence-electron chi connectivity index (χ2n) is 7.44. The van der Waals surface area contributed by atoms with Gasteiger partial charge in [-0.25, -0.2) is 9.78 Å². The predicted octanol–water partition coefficient (Wildman–Crippen LogP) is 2.81. The van der Waals surface area contributed by atoms with Gasteiger partial charge in [0.05, 0.1) is 11.2 Å². The van der Waals surface area contributed by atoms with Crippen LogP contribution in [0.4, 0.5) is 4.79 Å². The van der Waals surface area contributed by atoms with Gasteiger partial charge in [-0.15, -0.1) is 0 Å². The zero-order chi connectivity index (χ0) is 18.1. The molecule has 0 radical (unpaired) electrons. The fourth-order valence-corrected chi connectivity index (χ4v) is 2.86. The molecule has 1 saturated carbocycles. The van der Waals surface area contributed by atoms with Crippen LogP contribution in [0.3, 0.4) is 0 Å². The number of hydrogen-bond acceptors (Lipinski definition) is 5. The van der Waals surface area contributed by atoms with Crippen LogP contribution in [0.2, 0.25) is 0 Å². The van der Waals surface area contributed by atoms with Crippen LogP contribution in [0.15, 0.2) is 4.42 Å². The van der Waals surface area contributed by atoms with Crippen LogP contribution in [0.5, 0.6) is 0 Å². The van der Waals surface area contributed by atoms with Crippen molar-refractivity contribution in [3.63, 3.8) is 0 Å². The summed E-state index contributed by atoms with van der Waals surface area (Å²) in [5.41, 5.74) is -0.368. The number of alkyl carbamates (subject to hydrolysis) is 1. The highest BCUT2D eigenvalue weighted by Gasteiger charge is 2.44. The maximum atomic E-state index is 12.7. The number of aryl methyl sites for hydroxylation is 2. The van der Waals surface area contributed by atoms with E-state index in [1.807, 2.05) is 20.8 Å². The summed E-state index contributed by atoms with van der Waals surface area (Å²) in [6, 6.07) is 0. The highest BCUT2D eigenvalue weighted by Crippen LogP contribution is 2.37. The Hall–Kier alpha value is -2.05. The quantitative estimate of drug-likeness (QED) is 0.913. The van der Waals surface area contributed by atoms with Gasteiger partial charge in [0.2, 0.25) is 5.76 Å². The van der Waals surface area contributed by atoms with Crippen LogP contribution in [-0.4, -0.2) is 46.6 Å². The SMILES string of the molecule is Cc1nc(C)c(C(=O)N(C)C2(CNC(=O)OC(C)(C)C)CCC2)o1. The molecule has 134 valence electrons. The van der Waals surface area contributed by atoms with Gasteiger partial charge in [-0.2, -0.15) is 0 Å². The highest BCUT2D eigenvalue weighted by molar-refractivity contribution is 5.93. The molecular formula is C17H27N3O4. The number of nitrogens with zero attached hydrogens (tertiary/aromatic N) is 2. The van der Waals surface area contributed by atoms with E-state index in [0.29, 0.717) is 18.1 Å². The average molecular weight is 337 g/mol. The van der Waals surface area contributed by atoms with Gasteiger partial charge in [0, 0.05) is 20.5 Å². The van der Waals surface area contributed by atoms with Crippen LogP contribution in [0, 0.1) is 13.8 Å². The summed E-state index contributed by atoms with van der Waals surface area (Å²) >= 11 is 0. The lowest BCUT2D eigenvalue weighted by molar-refractivity contribution is 0.0185. The first kappa shape index (κ1) is 18.3. The molecule has 7 nitrogen and oxygen atoms in total. The summed E-state index contributed by atoms with van der Waals surface area (Å²) in [5.74, 6) is 0.524. The Morgan fingerprint density at radius 3 is 2.38 bits per heavy atom. The predicted molar refractivity (Wildman–Crippen MR) is 88.9 cm³/mol. The lowest BCUT2D eigenvalue weighted by Crippen LogP contribution is -2.60. The lowest BCUT2D eigenvalue weighted by atomic mass is 9.75. The van der Waals surface area contributed by atoms with Crippen LogP contribution < -0.4 is 5.32 Å². The third kappa shape index (κ3) is 3.88. The summed E-state index contributed by atoms with van der Waals surface area (Å²) < 4.78 is 10.7. The monoisotopic (exact) mass is 337 g/mol. The fraction of sp³-hybridized carbons (Fsp3) is 0.706. The summed E-state index contributed by atoms with van der Waals surface area (Å²) in [6.45, 7) is 9.27. The van der Waals surface area contributed by atoms with E-state index in [1.165, 1.54) is 0 Å². The van der Waals surface area contributed by atoms with E-state index in [9.17, 15) is 9.59 Å². The van der Waals surface area contributed by atoms with Gasteiger partial charge in [0.15, 0.2) is 5.89 Å². The summed E-state index contributed by atoms with van der Waals surface area (Å²) in [7, 11) is 1.75. The van der Waals surface area contributed by atoms with Crippen molar-refractivity contribution in [2.75, 3.05) is 13.6 Å². The average Bonchev–Trinajstić information content (AvgIpc) is 2.73. The topological polar surface area (TPSA) is 84.7 Å². The largest absolute Gasteiger partial charge is 0.444 e. The minimum absolute atomic E-state index is 0.209. The number of carbonyl (C=O) groups excluding carboxylic acids is 2. The molecule has 0 aromatic carbocycles. The number of nitrogens with one attached hydrogen (secondary N) is 1. The zero-order valence-corrected chi connectivity index (χ0v) is 15.4. The Labute approximate surface area is 142 Å². The summed E-state index contributed by atoms with van der Waals surface area (Å²) in [5, 5.41) is 2.79. The van der Waals surface area contributed by atoms with Gasteiger partial charge in [0.25, 0.3) is 5.91 Å². The smallest absolute Gasteiger partial charge is 0.407 e. The molecule has 1 aromatic rings. The van der Waals surface area contributed by atoms with Crippen molar-refractivity contribution in [2.45, 2.75) is 65.0 Å².